The van der Waals surface area contributed by atoms with E-state index >= 15 is 0 Å². The molecule has 1 amide bonds. The molecule has 2 rings (SSSR count). The van der Waals surface area contributed by atoms with E-state index in [0.29, 0.717) is 20.7 Å². The maximum atomic E-state index is 13.0. The van der Waals surface area contributed by atoms with Crippen molar-refractivity contribution in [3.63, 3.8) is 0 Å². The number of halogens is 3. The number of hydrogen-bond acceptors (Lipinski definition) is 3. The fourth-order valence-corrected chi connectivity index (χ4v) is 2.95. The molecule has 2 aromatic rings. The molecule has 0 radical (unpaired) electrons. The second-order valence-electron chi connectivity index (χ2n) is 3.47. The maximum absolute atomic E-state index is 13.0. The molecule has 0 atom stereocenters. The Morgan fingerprint density at radius 1 is 1.56 bits per heavy atom. The minimum Gasteiger partial charge on any atom is -0.319 e. The first-order valence-corrected chi connectivity index (χ1v) is 6.90. The lowest BCUT2D eigenvalue weighted by atomic mass is 10.3. The fraction of sp³-hybridized carbons (Fsp3) is 0.0909. The van der Waals surface area contributed by atoms with Crippen molar-refractivity contribution in [2.75, 3.05) is 5.32 Å². The number of aryl methyl sites for hydroxylation is 1. The molecular formula is C11H7BrClFN2OS. The van der Waals surface area contributed by atoms with Crippen molar-refractivity contribution in [3.8, 4) is 0 Å². The van der Waals surface area contributed by atoms with Crippen LogP contribution in [-0.2, 0) is 0 Å². The molecule has 7 heteroatoms. The zero-order valence-corrected chi connectivity index (χ0v) is 12.3. The molecular weight excluding hydrogens is 343 g/mol. The Bertz CT molecular complexity index is 594. The predicted molar refractivity (Wildman–Crippen MR) is 73.9 cm³/mol. The van der Waals surface area contributed by atoms with Gasteiger partial charge in [0.05, 0.1) is 21.9 Å². The molecule has 0 aliphatic heterocycles. The van der Waals surface area contributed by atoms with E-state index in [0.717, 1.165) is 6.07 Å². The monoisotopic (exact) mass is 348 g/mol. The Kier molecular flexibility index (Phi) is 3.99. The van der Waals surface area contributed by atoms with E-state index in [1.165, 1.54) is 17.4 Å². The van der Waals surface area contributed by atoms with Gasteiger partial charge in [-0.25, -0.2) is 9.37 Å². The summed E-state index contributed by atoms with van der Waals surface area (Å²) in [6.07, 6.45) is 0. The maximum Gasteiger partial charge on any atom is 0.267 e. The van der Waals surface area contributed by atoms with Crippen molar-refractivity contribution >= 4 is 50.5 Å². The standard InChI is InChI=1S/C11H7BrClFN2OS/c1-5-10(18-4-15-5)11(17)16-9-7(12)2-6(14)3-8(9)13/h2-4H,1H3,(H,16,17). The summed E-state index contributed by atoms with van der Waals surface area (Å²) < 4.78 is 13.4. The van der Waals surface area contributed by atoms with Gasteiger partial charge in [0.25, 0.3) is 5.91 Å². The van der Waals surface area contributed by atoms with Crippen LogP contribution in [0, 0.1) is 12.7 Å². The zero-order chi connectivity index (χ0) is 13.3. The van der Waals surface area contributed by atoms with Crippen molar-refractivity contribution in [2.45, 2.75) is 6.92 Å². The molecule has 0 aliphatic carbocycles. The summed E-state index contributed by atoms with van der Waals surface area (Å²) >= 11 is 10.3. The van der Waals surface area contributed by atoms with E-state index in [4.69, 9.17) is 11.6 Å². The third-order valence-corrected chi connectivity index (χ3v) is 4.05. The van der Waals surface area contributed by atoms with Crippen LogP contribution >= 0.6 is 38.9 Å². The van der Waals surface area contributed by atoms with Gasteiger partial charge in [-0.05, 0) is 35.0 Å². The lowest BCUT2D eigenvalue weighted by Gasteiger charge is -2.09. The Balaban J connectivity index is 2.31. The van der Waals surface area contributed by atoms with Crippen molar-refractivity contribution in [2.24, 2.45) is 0 Å². The molecule has 0 aliphatic rings. The van der Waals surface area contributed by atoms with Gasteiger partial charge in [0.1, 0.15) is 10.7 Å². The summed E-state index contributed by atoms with van der Waals surface area (Å²) in [7, 11) is 0. The van der Waals surface area contributed by atoms with Crippen molar-refractivity contribution < 1.29 is 9.18 Å². The molecule has 1 heterocycles. The topological polar surface area (TPSA) is 42.0 Å². The van der Waals surface area contributed by atoms with Gasteiger partial charge in [-0.2, -0.15) is 0 Å². The summed E-state index contributed by atoms with van der Waals surface area (Å²) in [5.74, 6) is -0.789. The van der Waals surface area contributed by atoms with Crippen LogP contribution < -0.4 is 5.32 Å². The highest BCUT2D eigenvalue weighted by Crippen LogP contribution is 2.32. The number of carbonyl (C=O) groups excluding carboxylic acids is 1. The fourth-order valence-electron chi connectivity index (χ4n) is 1.35. The Labute approximate surface area is 120 Å². The van der Waals surface area contributed by atoms with Crippen LogP contribution in [0.3, 0.4) is 0 Å². The Morgan fingerprint density at radius 2 is 2.28 bits per heavy atom. The zero-order valence-electron chi connectivity index (χ0n) is 9.13. The molecule has 1 aromatic carbocycles. The number of aromatic nitrogens is 1. The molecule has 1 N–H and O–H groups in total. The van der Waals surface area contributed by atoms with Crippen LogP contribution in [-0.4, -0.2) is 10.9 Å². The minimum absolute atomic E-state index is 0.136. The van der Waals surface area contributed by atoms with E-state index < -0.39 is 5.82 Å². The van der Waals surface area contributed by atoms with Gasteiger partial charge in [0.15, 0.2) is 0 Å². The molecule has 0 spiro atoms. The quantitative estimate of drug-likeness (QED) is 0.880. The number of nitrogens with zero attached hydrogens (tertiary/aromatic N) is 1. The molecule has 94 valence electrons. The minimum atomic E-state index is -0.473. The van der Waals surface area contributed by atoms with E-state index in [1.807, 2.05) is 0 Å². The SMILES string of the molecule is Cc1ncsc1C(=O)Nc1c(Cl)cc(F)cc1Br. The van der Waals surface area contributed by atoms with Gasteiger partial charge in [-0.15, -0.1) is 11.3 Å². The number of benzene rings is 1. The second kappa shape index (κ2) is 5.34. The highest BCUT2D eigenvalue weighted by molar-refractivity contribution is 9.10. The average Bonchev–Trinajstić information content (AvgIpc) is 2.69. The highest BCUT2D eigenvalue weighted by atomic mass is 79.9. The largest absolute Gasteiger partial charge is 0.319 e. The van der Waals surface area contributed by atoms with Crippen LogP contribution in [0.15, 0.2) is 22.1 Å². The molecule has 0 unspecified atom stereocenters. The molecule has 0 fully saturated rings. The van der Waals surface area contributed by atoms with Gasteiger partial charge < -0.3 is 5.32 Å². The smallest absolute Gasteiger partial charge is 0.267 e. The summed E-state index contributed by atoms with van der Waals surface area (Å²) in [4.78, 5) is 16.5. The third kappa shape index (κ3) is 2.71. The summed E-state index contributed by atoms with van der Waals surface area (Å²) in [6.45, 7) is 1.74. The lowest BCUT2D eigenvalue weighted by Crippen LogP contribution is -2.12. The van der Waals surface area contributed by atoms with E-state index in [1.54, 1.807) is 12.4 Å². The lowest BCUT2D eigenvalue weighted by molar-refractivity contribution is 0.102. The average molecular weight is 350 g/mol. The first-order chi connectivity index (χ1) is 8.49. The van der Waals surface area contributed by atoms with Crippen LogP contribution in [0.25, 0.3) is 0 Å². The summed E-state index contributed by atoms with van der Waals surface area (Å²) in [5, 5.41) is 2.77. The molecule has 1 aromatic heterocycles. The van der Waals surface area contributed by atoms with Crippen molar-refractivity contribution in [1.29, 1.82) is 0 Å². The van der Waals surface area contributed by atoms with E-state index in [-0.39, 0.29) is 10.9 Å². The van der Waals surface area contributed by atoms with Gasteiger partial charge >= 0.3 is 0 Å². The first kappa shape index (κ1) is 13.5. The van der Waals surface area contributed by atoms with E-state index in [9.17, 15) is 9.18 Å². The Hall–Kier alpha value is -0.980. The highest BCUT2D eigenvalue weighted by Gasteiger charge is 2.16. The number of hydrogen-bond donors (Lipinski definition) is 1. The third-order valence-electron chi connectivity index (χ3n) is 2.20. The predicted octanol–water partition coefficient (Wildman–Crippen LogP) is 4.26. The van der Waals surface area contributed by atoms with Gasteiger partial charge in [0.2, 0.25) is 0 Å². The molecule has 3 nitrogen and oxygen atoms in total. The van der Waals surface area contributed by atoms with Crippen molar-refractivity contribution in [1.82, 2.24) is 4.98 Å². The molecule has 18 heavy (non-hydrogen) atoms. The normalized spacial score (nSPS) is 10.4. The number of nitrogens with one attached hydrogen (secondary N) is 1. The Morgan fingerprint density at radius 3 is 2.83 bits per heavy atom. The summed E-state index contributed by atoms with van der Waals surface area (Å²) in [5.41, 5.74) is 2.58. The molecule has 0 bridgehead atoms. The first-order valence-electron chi connectivity index (χ1n) is 4.85. The van der Waals surface area contributed by atoms with Gasteiger partial charge in [0, 0.05) is 4.47 Å². The number of rotatable bonds is 2. The van der Waals surface area contributed by atoms with Gasteiger partial charge in [-0.3, -0.25) is 4.79 Å². The molecule has 0 saturated carbocycles. The molecule has 0 saturated heterocycles. The number of thiazole rings is 1. The van der Waals surface area contributed by atoms with E-state index in [2.05, 4.69) is 26.2 Å². The summed E-state index contributed by atoms with van der Waals surface area (Å²) in [6, 6.07) is 2.38. The van der Waals surface area contributed by atoms with Crippen LogP contribution in [0.1, 0.15) is 15.4 Å². The number of carbonyl (C=O) groups is 1. The second-order valence-corrected chi connectivity index (χ2v) is 5.58. The van der Waals surface area contributed by atoms with Crippen LogP contribution in [0.5, 0.6) is 0 Å². The number of anilines is 1. The van der Waals surface area contributed by atoms with Gasteiger partial charge in [-0.1, -0.05) is 11.6 Å². The number of amides is 1. The van der Waals surface area contributed by atoms with Crippen LogP contribution in [0.2, 0.25) is 5.02 Å². The van der Waals surface area contributed by atoms with Crippen molar-refractivity contribution in [3.05, 3.63) is 43.5 Å². The van der Waals surface area contributed by atoms with Crippen LogP contribution in [0.4, 0.5) is 10.1 Å².